The van der Waals surface area contributed by atoms with Crippen LogP contribution in [0.25, 0.3) is 0 Å². The fourth-order valence-corrected chi connectivity index (χ4v) is 9.59. The Morgan fingerprint density at radius 1 is 0.871 bits per heavy atom. The maximum atomic E-state index is 10.3. The van der Waals surface area contributed by atoms with Gasteiger partial charge in [-0.25, -0.2) is 0 Å². The molecule has 0 radical (unpaired) electrons. The third-order valence-corrected chi connectivity index (χ3v) is 11.5. The highest BCUT2D eigenvalue weighted by Crippen LogP contribution is 2.67. The van der Waals surface area contributed by atoms with E-state index in [9.17, 15) is 5.11 Å². The van der Waals surface area contributed by atoms with Gasteiger partial charge in [0.15, 0.2) is 0 Å². The highest BCUT2D eigenvalue weighted by atomic mass is 16.3. The van der Waals surface area contributed by atoms with Crippen LogP contribution < -0.4 is 0 Å². The smallest absolute Gasteiger partial charge is 0.0543 e. The van der Waals surface area contributed by atoms with Gasteiger partial charge < -0.3 is 5.11 Å². The second-order valence-electron chi connectivity index (χ2n) is 12.7. The first-order valence-corrected chi connectivity index (χ1v) is 13.6. The Morgan fingerprint density at radius 2 is 1.58 bits per heavy atom. The molecule has 1 heteroatoms. The summed E-state index contributed by atoms with van der Waals surface area (Å²) < 4.78 is 0. The third-order valence-electron chi connectivity index (χ3n) is 11.5. The van der Waals surface area contributed by atoms with Crippen molar-refractivity contribution in [3.8, 4) is 0 Å². The van der Waals surface area contributed by atoms with E-state index in [0.29, 0.717) is 10.8 Å². The number of benzene rings is 1. The molecule has 0 saturated heterocycles. The second kappa shape index (κ2) is 8.19. The summed E-state index contributed by atoms with van der Waals surface area (Å²) in [6.45, 7) is 9.90. The molecule has 1 aromatic carbocycles. The molecule has 0 bridgehead atoms. The van der Waals surface area contributed by atoms with E-state index in [1.165, 1.54) is 75.3 Å². The molecular weight excluding hydrogens is 376 g/mol. The van der Waals surface area contributed by atoms with Crippen molar-refractivity contribution in [1.82, 2.24) is 0 Å². The molecule has 0 spiro atoms. The number of hydrogen-bond donors (Lipinski definition) is 1. The molecule has 5 rings (SSSR count). The normalized spacial score (nSPS) is 44.4. The Bertz CT molecular complexity index is 777. The van der Waals surface area contributed by atoms with Crippen molar-refractivity contribution < 1.29 is 5.11 Å². The monoisotopic (exact) mass is 422 g/mol. The quantitative estimate of drug-likeness (QED) is 0.528. The largest absolute Gasteiger partial charge is 0.393 e. The van der Waals surface area contributed by atoms with Crippen LogP contribution >= 0.6 is 0 Å². The minimum absolute atomic E-state index is 0.0174. The van der Waals surface area contributed by atoms with Crippen LogP contribution in [-0.4, -0.2) is 11.2 Å². The van der Waals surface area contributed by atoms with E-state index in [4.69, 9.17) is 0 Å². The minimum Gasteiger partial charge on any atom is -0.393 e. The van der Waals surface area contributed by atoms with Crippen LogP contribution in [0.15, 0.2) is 18.2 Å². The lowest BCUT2D eigenvalue weighted by atomic mass is 9.44. The minimum atomic E-state index is -0.0174. The molecule has 0 aliphatic heterocycles. The van der Waals surface area contributed by atoms with Gasteiger partial charge in [-0.15, -0.1) is 0 Å². The van der Waals surface area contributed by atoms with E-state index in [-0.39, 0.29) is 6.10 Å². The molecule has 0 aromatic heterocycles. The number of fused-ring (bicyclic) bond motifs is 5. The fourth-order valence-electron chi connectivity index (χ4n) is 9.59. The van der Waals surface area contributed by atoms with Crippen LogP contribution in [0.3, 0.4) is 0 Å². The molecule has 8 unspecified atom stereocenters. The van der Waals surface area contributed by atoms with Crippen molar-refractivity contribution in [2.45, 2.75) is 111 Å². The SMILES string of the molecule is Cc1cccc(C)c1CCCC1CCC2C3CCC4CC(O)CCC4(C)C3CCC12C. The van der Waals surface area contributed by atoms with Crippen LogP contribution in [-0.2, 0) is 6.42 Å². The van der Waals surface area contributed by atoms with Gasteiger partial charge in [0, 0.05) is 0 Å². The average molecular weight is 423 g/mol. The third kappa shape index (κ3) is 3.62. The summed E-state index contributed by atoms with van der Waals surface area (Å²) in [6, 6.07) is 6.78. The van der Waals surface area contributed by atoms with E-state index in [2.05, 4.69) is 45.9 Å². The standard InChI is InChI=1S/C30H46O/c1-20-7-5-8-21(2)25(20)10-6-9-22-12-14-27-26-13-11-23-19-24(31)15-17-30(23,4)28(26)16-18-29(22,27)3/h5,7-8,22-24,26-28,31H,6,9-19H2,1-4H3. The Balaban J connectivity index is 1.26. The van der Waals surface area contributed by atoms with Crippen molar-refractivity contribution in [2.24, 2.45) is 40.4 Å². The molecule has 4 saturated carbocycles. The van der Waals surface area contributed by atoms with Gasteiger partial charge in [0.1, 0.15) is 0 Å². The van der Waals surface area contributed by atoms with Crippen LogP contribution in [0.4, 0.5) is 0 Å². The highest BCUT2D eigenvalue weighted by molar-refractivity contribution is 5.33. The molecule has 8 atom stereocenters. The Morgan fingerprint density at radius 3 is 2.35 bits per heavy atom. The molecule has 31 heavy (non-hydrogen) atoms. The number of hydrogen-bond acceptors (Lipinski definition) is 1. The molecule has 4 aliphatic carbocycles. The summed E-state index contributed by atoms with van der Waals surface area (Å²) in [6.07, 6.45) is 16.2. The van der Waals surface area contributed by atoms with Gasteiger partial charge >= 0.3 is 0 Å². The summed E-state index contributed by atoms with van der Waals surface area (Å²) in [5.74, 6) is 4.61. The number of aryl methyl sites for hydroxylation is 2. The molecule has 1 aromatic rings. The Labute approximate surface area is 191 Å². The maximum Gasteiger partial charge on any atom is 0.0543 e. The summed E-state index contributed by atoms with van der Waals surface area (Å²) >= 11 is 0. The second-order valence-corrected chi connectivity index (χ2v) is 12.7. The van der Waals surface area contributed by atoms with E-state index >= 15 is 0 Å². The van der Waals surface area contributed by atoms with Crippen LogP contribution in [0.1, 0.15) is 101 Å². The van der Waals surface area contributed by atoms with Gasteiger partial charge in [0.05, 0.1) is 6.10 Å². The zero-order chi connectivity index (χ0) is 21.8. The zero-order valence-corrected chi connectivity index (χ0v) is 20.6. The predicted molar refractivity (Wildman–Crippen MR) is 130 cm³/mol. The van der Waals surface area contributed by atoms with Gasteiger partial charge in [-0.05, 0) is 148 Å². The van der Waals surface area contributed by atoms with Gasteiger partial charge in [-0.3, -0.25) is 0 Å². The molecule has 1 nitrogen and oxygen atoms in total. The Hall–Kier alpha value is -0.820. The molecule has 4 fully saturated rings. The molecule has 0 heterocycles. The zero-order valence-electron chi connectivity index (χ0n) is 20.6. The molecule has 4 aliphatic rings. The van der Waals surface area contributed by atoms with E-state index < -0.39 is 0 Å². The predicted octanol–water partition coefficient (Wildman–Crippen LogP) is 7.65. The molecule has 1 N–H and O–H groups in total. The van der Waals surface area contributed by atoms with Crippen molar-refractivity contribution in [1.29, 1.82) is 0 Å². The molecular formula is C30H46O. The van der Waals surface area contributed by atoms with E-state index in [0.717, 1.165) is 42.4 Å². The van der Waals surface area contributed by atoms with Crippen LogP contribution in [0, 0.1) is 54.3 Å². The van der Waals surface area contributed by atoms with Gasteiger partial charge in [-0.2, -0.15) is 0 Å². The average Bonchev–Trinajstić information content (AvgIpc) is 3.07. The molecule has 172 valence electrons. The first-order valence-electron chi connectivity index (χ1n) is 13.6. The van der Waals surface area contributed by atoms with Gasteiger partial charge in [0.25, 0.3) is 0 Å². The van der Waals surface area contributed by atoms with Crippen LogP contribution in [0.5, 0.6) is 0 Å². The number of aliphatic hydroxyl groups is 1. The van der Waals surface area contributed by atoms with E-state index in [1.54, 1.807) is 5.56 Å². The lowest BCUT2D eigenvalue weighted by molar-refractivity contribution is -0.126. The van der Waals surface area contributed by atoms with Crippen molar-refractivity contribution in [2.75, 3.05) is 0 Å². The summed E-state index contributed by atoms with van der Waals surface area (Å²) in [4.78, 5) is 0. The van der Waals surface area contributed by atoms with Gasteiger partial charge in [-0.1, -0.05) is 32.0 Å². The summed E-state index contributed by atoms with van der Waals surface area (Å²) in [7, 11) is 0. The maximum absolute atomic E-state index is 10.3. The number of aliphatic hydroxyl groups excluding tert-OH is 1. The lowest BCUT2D eigenvalue weighted by Crippen LogP contribution is -2.53. The summed E-state index contributed by atoms with van der Waals surface area (Å²) in [5.41, 5.74) is 5.69. The fraction of sp³-hybridized carbons (Fsp3) is 0.800. The Kier molecular flexibility index (Phi) is 5.81. The van der Waals surface area contributed by atoms with E-state index in [1.807, 2.05) is 0 Å². The first kappa shape index (κ1) is 22.0. The highest BCUT2D eigenvalue weighted by Gasteiger charge is 2.59. The summed E-state index contributed by atoms with van der Waals surface area (Å²) in [5, 5.41) is 10.3. The lowest BCUT2D eigenvalue weighted by Gasteiger charge is -2.61. The van der Waals surface area contributed by atoms with Gasteiger partial charge in [0.2, 0.25) is 0 Å². The topological polar surface area (TPSA) is 20.2 Å². The van der Waals surface area contributed by atoms with Crippen LogP contribution in [0.2, 0.25) is 0 Å². The molecule has 0 amide bonds. The first-order chi connectivity index (χ1) is 14.8. The van der Waals surface area contributed by atoms with Crippen molar-refractivity contribution in [3.05, 3.63) is 34.9 Å². The number of rotatable bonds is 4. The van der Waals surface area contributed by atoms with Crippen molar-refractivity contribution in [3.63, 3.8) is 0 Å². The van der Waals surface area contributed by atoms with Crippen molar-refractivity contribution >= 4 is 0 Å².